The number of amides is 1. The minimum Gasteiger partial charge on any atom is -0.445 e. The second-order valence-electron chi connectivity index (χ2n) is 6.69. The molecule has 134 valence electrons. The van der Waals surface area contributed by atoms with Crippen molar-refractivity contribution in [2.24, 2.45) is 0 Å². The van der Waals surface area contributed by atoms with Crippen molar-refractivity contribution in [3.05, 3.63) is 65.9 Å². The molecule has 1 aliphatic rings. The second-order valence-corrected chi connectivity index (χ2v) is 6.69. The van der Waals surface area contributed by atoms with Crippen molar-refractivity contribution in [2.75, 3.05) is 31.1 Å². The van der Waals surface area contributed by atoms with Crippen molar-refractivity contribution >= 4 is 22.7 Å². The number of benzene rings is 2. The molecule has 1 fully saturated rings. The second kappa shape index (κ2) is 7.12. The summed E-state index contributed by atoms with van der Waals surface area (Å²) in [6, 6.07) is 16.1. The van der Waals surface area contributed by atoms with E-state index in [-0.39, 0.29) is 6.09 Å². The van der Waals surface area contributed by atoms with Gasteiger partial charge in [0, 0.05) is 49.0 Å². The van der Waals surface area contributed by atoms with E-state index in [2.05, 4.69) is 35.0 Å². The Morgan fingerprint density at radius 2 is 1.81 bits per heavy atom. The Hall–Kier alpha value is -2.95. The lowest BCUT2D eigenvalue weighted by Gasteiger charge is -2.36. The van der Waals surface area contributed by atoms with Crippen LogP contribution in [-0.2, 0) is 11.3 Å². The van der Waals surface area contributed by atoms with E-state index in [4.69, 9.17) is 4.74 Å². The number of hydrogen-bond donors (Lipinski definition) is 1. The molecule has 2 aromatic carbocycles. The van der Waals surface area contributed by atoms with Gasteiger partial charge >= 0.3 is 6.09 Å². The maximum absolute atomic E-state index is 12.3. The Morgan fingerprint density at radius 3 is 2.58 bits per heavy atom. The molecule has 4 rings (SSSR count). The number of aryl methyl sites for hydroxylation is 1. The monoisotopic (exact) mass is 349 g/mol. The number of nitrogens with one attached hydrogen (secondary N) is 1. The molecule has 1 aromatic heterocycles. The van der Waals surface area contributed by atoms with E-state index in [1.54, 1.807) is 4.90 Å². The average molecular weight is 349 g/mol. The predicted molar refractivity (Wildman–Crippen MR) is 103 cm³/mol. The van der Waals surface area contributed by atoms with E-state index in [9.17, 15) is 4.79 Å². The highest BCUT2D eigenvalue weighted by atomic mass is 16.6. The summed E-state index contributed by atoms with van der Waals surface area (Å²) >= 11 is 0. The number of carbonyl (C=O) groups is 1. The molecule has 0 radical (unpaired) electrons. The fourth-order valence-corrected chi connectivity index (χ4v) is 3.54. The zero-order valence-electron chi connectivity index (χ0n) is 14.9. The van der Waals surface area contributed by atoms with Crippen molar-refractivity contribution in [1.29, 1.82) is 0 Å². The maximum atomic E-state index is 12.3. The number of hydrogen-bond acceptors (Lipinski definition) is 3. The van der Waals surface area contributed by atoms with E-state index in [1.165, 1.54) is 16.6 Å². The lowest BCUT2D eigenvalue weighted by Crippen LogP contribution is -2.49. The number of aromatic nitrogens is 1. The molecule has 5 nitrogen and oxygen atoms in total. The Kier molecular flexibility index (Phi) is 4.52. The molecule has 1 saturated heterocycles. The van der Waals surface area contributed by atoms with Gasteiger partial charge in [-0.3, -0.25) is 0 Å². The number of carbonyl (C=O) groups excluding carboxylic acids is 1. The summed E-state index contributed by atoms with van der Waals surface area (Å²) < 4.78 is 5.45. The third kappa shape index (κ3) is 3.25. The molecule has 2 heterocycles. The van der Waals surface area contributed by atoms with Crippen molar-refractivity contribution in [3.63, 3.8) is 0 Å². The van der Waals surface area contributed by atoms with E-state index in [1.807, 2.05) is 36.5 Å². The zero-order chi connectivity index (χ0) is 17.9. The number of rotatable bonds is 3. The fourth-order valence-electron chi connectivity index (χ4n) is 3.54. The standard InChI is InChI=1S/C21H23N3O2/c1-16-14-22-18-8-5-9-19(20(16)18)23-10-12-24(13-11-23)21(25)26-15-17-6-3-2-4-7-17/h2-9,14,22H,10-13,15H2,1H3. The molecule has 1 aliphatic heterocycles. The number of anilines is 1. The van der Waals surface area contributed by atoms with Crippen LogP contribution in [0.5, 0.6) is 0 Å². The topological polar surface area (TPSA) is 48.6 Å². The van der Waals surface area contributed by atoms with Gasteiger partial charge in [-0.1, -0.05) is 36.4 Å². The van der Waals surface area contributed by atoms with E-state index < -0.39 is 0 Å². The number of ether oxygens (including phenoxy) is 1. The highest BCUT2D eigenvalue weighted by molar-refractivity contribution is 5.95. The van der Waals surface area contributed by atoms with Gasteiger partial charge in [-0.05, 0) is 30.2 Å². The molecule has 3 aromatic rings. The van der Waals surface area contributed by atoms with Crippen molar-refractivity contribution < 1.29 is 9.53 Å². The highest BCUT2D eigenvalue weighted by Gasteiger charge is 2.23. The summed E-state index contributed by atoms with van der Waals surface area (Å²) in [5.41, 5.74) is 4.65. The van der Waals surface area contributed by atoms with Crippen LogP contribution in [0, 0.1) is 6.92 Å². The van der Waals surface area contributed by atoms with Crippen LogP contribution in [0.3, 0.4) is 0 Å². The van der Waals surface area contributed by atoms with E-state index in [0.29, 0.717) is 19.7 Å². The molecule has 26 heavy (non-hydrogen) atoms. The Bertz CT molecular complexity index is 896. The van der Waals surface area contributed by atoms with E-state index in [0.717, 1.165) is 24.2 Å². The Morgan fingerprint density at radius 1 is 1.04 bits per heavy atom. The van der Waals surface area contributed by atoms with Gasteiger partial charge in [0.25, 0.3) is 0 Å². The number of fused-ring (bicyclic) bond motifs is 1. The number of aromatic amines is 1. The normalized spacial score (nSPS) is 14.7. The summed E-state index contributed by atoms with van der Waals surface area (Å²) in [4.78, 5) is 19.8. The smallest absolute Gasteiger partial charge is 0.410 e. The molecular weight excluding hydrogens is 326 g/mol. The molecular formula is C21H23N3O2. The lowest BCUT2D eigenvalue weighted by molar-refractivity contribution is 0.0942. The van der Waals surface area contributed by atoms with Crippen LogP contribution in [0.1, 0.15) is 11.1 Å². The van der Waals surface area contributed by atoms with Crippen LogP contribution < -0.4 is 4.90 Å². The van der Waals surface area contributed by atoms with Crippen LogP contribution in [0.2, 0.25) is 0 Å². The third-order valence-corrected chi connectivity index (χ3v) is 4.96. The van der Waals surface area contributed by atoms with Crippen LogP contribution in [0.25, 0.3) is 10.9 Å². The largest absolute Gasteiger partial charge is 0.445 e. The first-order chi connectivity index (χ1) is 12.7. The lowest BCUT2D eigenvalue weighted by atomic mass is 10.1. The molecule has 5 heteroatoms. The van der Waals surface area contributed by atoms with Crippen LogP contribution in [-0.4, -0.2) is 42.2 Å². The number of piperazine rings is 1. The summed E-state index contributed by atoms with van der Waals surface area (Å²) in [5.74, 6) is 0. The van der Waals surface area contributed by atoms with Crippen LogP contribution in [0.15, 0.2) is 54.7 Å². The minimum atomic E-state index is -0.232. The van der Waals surface area contributed by atoms with Gasteiger partial charge in [-0.2, -0.15) is 0 Å². The van der Waals surface area contributed by atoms with Crippen LogP contribution in [0.4, 0.5) is 10.5 Å². The molecule has 1 amide bonds. The maximum Gasteiger partial charge on any atom is 0.410 e. The SMILES string of the molecule is Cc1c[nH]c2cccc(N3CCN(C(=O)OCc4ccccc4)CC3)c12. The Balaban J connectivity index is 1.38. The van der Waals surface area contributed by atoms with Gasteiger partial charge in [0.15, 0.2) is 0 Å². The molecule has 0 spiro atoms. The first-order valence-electron chi connectivity index (χ1n) is 8.99. The van der Waals surface area contributed by atoms with Gasteiger partial charge < -0.3 is 19.5 Å². The molecule has 0 saturated carbocycles. The van der Waals surface area contributed by atoms with Crippen molar-refractivity contribution in [2.45, 2.75) is 13.5 Å². The van der Waals surface area contributed by atoms with Gasteiger partial charge in [0.1, 0.15) is 6.61 Å². The first kappa shape index (κ1) is 16.5. The van der Waals surface area contributed by atoms with Gasteiger partial charge in [0.2, 0.25) is 0 Å². The molecule has 0 atom stereocenters. The molecule has 0 unspecified atom stereocenters. The van der Waals surface area contributed by atoms with Gasteiger partial charge in [0.05, 0.1) is 0 Å². The van der Waals surface area contributed by atoms with Crippen molar-refractivity contribution in [1.82, 2.24) is 9.88 Å². The predicted octanol–water partition coefficient (Wildman–Crippen LogP) is 3.94. The summed E-state index contributed by atoms with van der Waals surface area (Å²) in [7, 11) is 0. The van der Waals surface area contributed by atoms with Gasteiger partial charge in [-0.25, -0.2) is 4.79 Å². The zero-order valence-corrected chi connectivity index (χ0v) is 14.9. The average Bonchev–Trinajstić information content (AvgIpc) is 3.08. The summed E-state index contributed by atoms with van der Waals surface area (Å²) in [6.45, 7) is 5.41. The molecule has 0 aliphatic carbocycles. The summed E-state index contributed by atoms with van der Waals surface area (Å²) in [5, 5.41) is 1.27. The summed E-state index contributed by atoms with van der Waals surface area (Å²) in [6.07, 6.45) is 1.82. The Labute approximate surface area is 153 Å². The fraction of sp³-hybridized carbons (Fsp3) is 0.286. The first-order valence-corrected chi connectivity index (χ1v) is 8.99. The minimum absolute atomic E-state index is 0.232. The van der Waals surface area contributed by atoms with Crippen molar-refractivity contribution in [3.8, 4) is 0 Å². The quantitative estimate of drug-likeness (QED) is 0.779. The van der Waals surface area contributed by atoms with E-state index >= 15 is 0 Å². The van der Waals surface area contributed by atoms with Gasteiger partial charge in [-0.15, -0.1) is 0 Å². The number of H-pyrrole nitrogens is 1. The number of nitrogens with zero attached hydrogens (tertiary/aromatic N) is 2. The third-order valence-electron chi connectivity index (χ3n) is 4.96. The molecule has 0 bridgehead atoms. The van der Waals surface area contributed by atoms with Crippen LogP contribution >= 0.6 is 0 Å². The molecule has 1 N–H and O–H groups in total. The highest BCUT2D eigenvalue weighted by Crippen LogP contribution is 2.30.